The van der Waals surface area contributed by atoms with Crippen LogP contribution in [0.15, 0.2) is 15.2 Å². The third-order valence-corrected chi connectivity index (χ3v) is 3.33. The first-order chi connectivity index (χ1) is 6.94. The number of carbonyl (C=O) groups is 1. The van der Waals surface area contributed by atoms with Gasteiger partial charge in [0.1, 0.15) is 0 Å². The van der Waals surface area contributed by atoms with Crippen LogP contribution in [0, 0.1) is 16.7 Å². The van der Waals surface area contributed by atoms with Crippen LogP contribution in [-0.4, -0.2) is 12.5 Å². The van der Waals surface area contributed by atoms with Gasteiger partial charge in [0.15, 0.2) is 0 Å². The molecule has 1 amide bonds. The predicted molar refractivity (Wildman–Crippen MR) is 63.7 cm³/mol. The number of hydrogen-bond acceptors (Lipinski definition) is 3. The van der Waals surface area contributed by atoms with Crippen molar-refractivity contribution in [2.45, 2.75) is 13.8 Å². The van der Waals surface area contributed by atoms with Crippen molar-refractivity contribution in [3.63, 3.8) is 0 Å². The molecular formula is C10H11BrN2OS. The minimum Gasteiger partial charge on any atom is -0.350 e. The maximum atomic E-state index is 11.6. The predicted octanol–water partition coefficient (Wildman–Crippen LogP) is 2.79. The molecule has 80 valence electrons. The second-order valence-electron chi connectivity index (χ2n) is 3.82. The molecule has 0 aromatic carbocycles. The number of nitriles is 1. The fourth-order valence-electron chi connectivity index (χ4n) is 0.872. The van der Waals surface area contributed by atoms with Crippen LogP contribution >= 0.6 is 27.3 Å². The molecular weight excluding hydrogens is 276 g/mol. The molecule has 1 heterocycles. The number of hydrogen-bond donors (Lipinski definition) is 1. The maximum Gasteiger partial charge on any atom is 0.252 e. The van der Waals surface area contributed by atoms with Gasteiger partial charge in [0.25, 0.3) is 5.91 Å². The van der Waals surface area contributed by atoms with Crippen molar-refractivity contribution in [1.29, 1.82) is 5.26 Å². The highest BCUT2D eigenvalue weighted by Crippen LogP contribution is 2.20. The van der Waals surface area contributed by atoms with Crippen molar-refractivity contribution in [1.82, 2.24) is 5.32 Å². The van der Waals surface area contributed by atoms with Gasteiger partial charge >= 0.3 is 0 Å². The van der Waals surface area contributed by atoms with E-state index in [9.17, 15) is 4.79 Å². The topological polar surface area (TPSA) is 52.9 Å². The van der Waals surface area contributed by atoms with Gasteiger partial charge in [-0.1, -0.05) is 0 Å². The molecule has 1 rings (SSSR count). The standard InChI is InChI=1S/C10H11BrN2OS/c1-10(2,5-12)6-13-9(14)7-3-8(11)15-4-7/h3-4H,6H2,1-2H3,(H,13,14). The minimum absolute atomic E-state index is 0.139. The molecule has 0 bridgehead atoms. The van der Waals surface area contributed by atoms with Crippen LogP contribution in [0.5, 0.6) is 0 Å². The zero-order valence-corrected chi connectivity index (χ0v) is 10.9. The van der Waals surface area contributed by atoms with Gasteiger partial charge in [0.05, 0.1) is 20.8 Å². The van der Waals surface area contributed by atoms with Crippen molar-refractivity contribution in [3.8, 4) is 6.07 Å². The molecule has 0 aliphatic carbocycles. The highest BCUT2D eigenvalue weighted by atomic mass is 79.9. The highest BCUT2D eigenvalue weighted by Gasteiger charge is 2.18. The van der Waals surface area contributed by atoms with Crippen LogP contribution in [0.1, 0.15) is 24.2 Å². The molecule has 3 nitrogen and oxygen atoms in total. The van der Waals surface area contributed by atoms with E-state index in [-0.39, 0.29) is 5.91 Å². The molecule has 1 aromatic rings. The summed E-state index contributed by atoms with van der Waals surface area (Å²) in [6.45, 7) is 3.93. The lowest BCUT2D eigenvalue weighted by molar-refractivity contribution is 0.0944. The molecule has 0 unspecified atom stereocenters. The monoisotopic (exact) mass is 286 g/mol. The Bertz CT molecular complexity index is 406. The van der Waals surface area contributed by atoms with Crippen LogP contribution in [-0.2, 0) is 0 Å². The van der Waals surface area contributed by atoms with Crippen LogP contribution in [0.4, 0.5) is 0 Å². The van der Waals surface area contributed by atoms with E-state index >= 15 is 0 Å². The zero-order chi connectivity index (χ0) is 11.5. The lowest BCUT2D eigenvalue weighted by atomic mass is 9.96. The van der Waals surface area contributed by atoms with E-state index in [1.807, 2.05) is 0 Å². The smallest absolute Gasteiger partial charge is 0.252 e. The van der Waals surface area contributed by atoms with Crippen molar-refractivity contribution < 1.29 is 4.79 Å². The van der Waals surface area contributed by atoms with Crippen LogP contribution in [0.2, 0.25) is 0 Å². The van der Waals surface area contributed by atoms with Crippen molar-refractivity contribution in [2.75, 3.05) is 6.54 Å². The van der Waals surface area contributed by atoms with Gasteiger partial charge in [-0.15, -0.1) is 11.3 Å². The Labute approximate surface area is 101 Å². The second kappa shape index (κ2) is 4.77. The lowest BCUT2D eigenvalue weighted by Gasteiger charge is -2.15. The molecule has 5 heteroatoms. The fraction of sp³-hybridized carbons (Fsp3) is 0.400. The van der Waals surface area contributed by atoms with E-state index in [0.29, 0.717) is 12.1 Å². The summed E-state index contributed by atoms with van der Waals surface area (Å²) in [5.74, 6) is -0.139. The molecule has 0 radical (unpaired) electrons. The Hall–Kier alpha value is -0.860. The molecule has 0 atom stereocenters. The van der Waals surface area contributed by atoms with Crippen molar-refractivity contribution in [3.05, 3.63) is 20.8 Å². The van der Waals surface area contributed by atoms with Crippen molar-refractivity contribution >= 4 is 33.2 Å². The van der Waals surface area contributed by atoms with Gasteiger partial charge in [-0.3, -0.25) is 4.79 Å². The molecule has 0 saturated heterocycles. The van der Waals surface area contributed by atoms with E-state index in [4.69, 9.17) is 5.26 Å². The summed E-state index contributed by atoms with van der Waals surface area (Å²) in [5.41, 5.74) is 0.101. The number of amides is 1. The quantitative estimate of drug-likeness (QED) is 0.929. The maximum absolute atomic E-state index is 11.6. The molecule has 1 N–H and O–H groups in total. The fourth-order valence-corrected chi connectivity index (χ4v) is 2.01. The van der Waals surface area contributed by atoms with E-state index in [2.05, 4.69) is 27.3 Å². The third-order valence-electron chi connectivity index (χ3n) is 1.82. The van der Waals surface area contributed by atoms with Gasteiger partial charge in [-0.05, 0) is 35.8 Å². The number of carbonyl (C=O) groups excluding carboxylic acids is 1. The summed E-state index contributed by atoms with van der Waals surface area (Å²) < 4.78 is 0.923. The SMILES string of the molecule is CC(C)(C#N)CNC(=O)c1csc(Br)c1. The molecule has 1 aromatic heterocycles. The summed E-state index contributed by atoms with van der Waals surface area (Å²) in [4.78, 5) is 11.6. The number of nitrogens with one attached hydrogen (secondary N) is 1. The number of halogens is 1. The van der Waals surface area contributed by atoms with Gasteiger partial charge < -0.3 is 5.32 Å². The Kier molecular flexibility index (Phi) is 3.89. The van der Waals surface area contributed by atoms with E-state index in [0.717, 1.165) is 3.79 Å². The Morgan fingerprint density at radius 1 is 1.73 bits per heavy atom. The van der Waals surface area contributed by atoms with Crippen LogP contribution in [0.3, 0.4) is 0 Å². The van der Waals surface area contributed by atoms with E-state index < -0.39 is 5.41 Å². The summed E-state index contributed by atoms with van der Waals surface area (Å²) >= 11 is 4.75. The largest absolute Gasteiger partial charge is 0.350 e. The van der Waals surface area contributed by atoms with Gasteiger partial charge in [0, 0.05) is 11.9 Å². The van der Waals surface area contributed by atoms with Crippen LogP contribution in [0.25, 0.3) is 0 Å². The molecule has 0 spiro atoms. The normalized spacial score (nSPS) is 10.8. The first-order valence-corrected chi connectivity index (χ1v) is 6.05. The molecule has 0 aliphatic rings. The van der Waals surface area contributed by atoms with E-state index in [1.165, 1.54) is 11.3 Å². The second-order valence-corrected chi connectivity index (χ2v) is 6.11. The molecule has 0 aliphatic heterocycles. The number of rotatable bonds is 3. The first-order valence-electron chi connectivity index (χ1n) is 4.38. The number of nitrogens with zero attached hydrogens (tertiary/aromatic N) is 1. The minimum atomic E-state index is -0.525. The van der Waals surface area contributed by atoms with Crippen LogP contribution < -0.4 is 5.32 Å². The van der Waals surface area contributed by atoms with Gasteiger partial charge in [-0.2, -0.15) is 5.26 Å². The van der Waals surface area contributed by atoms with E-state index in [1.54, 1.807) is 25.3 Å². The molecule has 15 heavy (non-hydrogen) atoms. The van der Waals surface area contributed by atoms with Crippen molar-refractivity contribution in [2.24, 2.45) is 5.41 Å². The number of thiophene rings is 1. The van der Waals surface area contributed by atoms with Gasteiger partial charge in [-0.25, -0.2) is 0 Å². The lowest BCUT2D eigenvalue weighted by Crippen LogP contribution is -2.32. The molecule has 0 saturated carbocycles. The summed E-state index contributed by atoms with van der Waals surface area (Å²) in [7, 11) is 0. The average Bonchev–Trinajstić information content (AvgIpc) is 2.61. The van der Waals surface area contributed by atoms with Gasteiger partial charge in [0.2, 0.25) is 0 Å². The zero-order valence-electron chi connectivity index (χ0n) is 8.50. The summed E-state index contributed by atoms with van der Waals surface area (Å²) in [5, 5.41) is 13.3. The average molecular weight is 287 g/mol. The summed E-state index contributed by atoms with van der Waals surface area (Å²) in [6, 6.07) is 3.90. The Balaban J connectivity index is 2.55. The third kappa shape index (κ3) is 3.65. The Morgan fingerprint density at radius 3 is 2.87 bits per heavy atom. The Morgan fingerprint density at radius 2 is 2.40 bits per heavy atom. The summed E-state index contributed by atoms with van der Waals surface area (Å²) in [6.07, 6.45) is 0. The highest BCUT2D eigenvalue weighted by molar-refractivity contribution is 9.11. The first kappa shape index (κ1) is 12.2. The molecule has 0 fully saturated rings.